The minimum atomic E-state index is 1.28. The summed E-state index contributed by atoms with van der Waals surface area (Å²) >= 11 is 6.44. The van der Waals surface area contributed by atoms with Crippen LogP contribution in [0, 0.1) is 0 Å². The van der Waals surface area contributed by atoms with E-state index in [1.54, 1.807) is 0 Å². The molecule has 0 aliphatic heterocycles. The van der Waals surface area contributed by atoms with Gasteiger partial charge in [-0.05, 0) is 11.1 Å². The second kappa shape index (κ2) is 6.57. The maximum atomic E-state index is 3.22. The fourth-order valence-corrected chi connectivity index (χ4v) is 1.26. The molecule has 0 amide bonds. The van der Waals surface area contributed by atoms with Gasteiger partial charge in [0.2, 0.25) is 0 Å². The fraction of sp³-hybridized carbons (Fsp3) is 0. The summed E-state index contributed by atoms with van der Waals surface area (Å²) in [6.07, 6.45) is 0. The van der Waals surface area contributed by atoms with Crippen LogP contribution in [0.2, 0.25) is 0 Å². The Balaban J connectivity index is 0.000000461. The van der Waals surface area contributed by atoms with E-state index in [0.717, 1.165) is 0 Å². The summed E-state index contributed by atoms with van der Waals surface area (Å²) < 4.78 is 0. The van der Waals surface area contributed by atoms with E-state index in [0.29, 0.717) is 0 Å². The summed E-state index contributed by atoms with van der Waals surface area (Å²) in [7, 11) is 0. The molecule has 0 unspecified atom stereocenters. The third-order valence-electron chi connectivity index (χ3n) is 1.88. The van der Waals surface area contributed by atoms with Gasteiger partial charge in [0.1, 0.15) is 0 Å². The molecule has 14 heavy (non-hydrogen) atoms. The van der Waals surface area contributed by atoms with Gasteiger partial charge < -0.3 is 0 Å². The molecule has 2 aromatic rings. The maximum Gasteiger partial charge on any atom is -0.0184 e. The minimum absolute atomic E-state index is 1.28. The van der Waals surface area contributed by atoms with Gasteiger partial charge in [-0.3, -0.25) is 0 Å². The first-order chi connectivity index (χ1) is 6.97. The van der Waals surface area contributed by atoms with E-state index in [2.05, 4.69) is 71.9 Å². The molecule has 2 aromatic carbocycles. The van der Waals surface area contributed by atoms with Crippen LogP contribution in [0.5, 0.6) is 0 Å². The molecule has 0 spiro atoms. The molecular weight excluding hydrogens is 208 g/mol. The number of benzene rings is 2. The summed E-state index contributed by atoms with van der Waals surface area (Å²) in [6, 6.07) is 20.8. The lowest BCUT2D eigenvalue weighted by molar-refractivity contribution is 1.62. The van der Waals surface area contributed by atoms with Crippen molar-refractivity contribution in [1.29, 1.82) is 0 Å². The van der Waals surface area contributed by atoms with Crippen molar-refractivity contribution in [2.75, 3.05) is 0 Å². The second-order valence-electron chi connectivity index (χ2n) is 2.73. The van der Waals surface area contributed by atoms with E-state index in [1.807, 2.05) is 12.1 Å². The minimum Gasteiger partial charge on any atom is -0.115 e. The van der Waals surface area contributed by atoms with Crippen LogP contribution < -0.4 is 0 Å². The van der Waals surface area contributed by atoms with Gasteiger partial charge in [0.25, 0.3) is 0 Å². The molecule has 0 nitrogen and oxygen atoms in total. The predicted octanol–water partition coefficient (Wildman–Crippen LogP) is 4.11. The van der Waals surface area contributed by atoms with Gasteiger partial charge in [-0.25, -0.2) is 0 Å². The van der Waals surface area contributed by atoms with E-state index in [-0.39, 0.29) is 0 Å². The zero-order valence-electron chi connectivity index (χ0n) is 7.67. The van der Waals surface area contributed by atoms with Crippen molar-refractivity contribution in [1.82, 2.24) is 0 Å². The number of hydrogen-bond donors (Lipinski definition) is 2. The summed E-state index contributed by atoms with van der Waals surface area (Å²) in [6.45, 7) is 0. The van der Waals surface area contributed by atoms with Crippen LogP contribution in [0.15, 0.2) is 60.7 Å². The molecule has 0 aliphatic rings. The standard InChI is InChI=1S/C12H10.H2S2/c1-3-7-11(8-4-1)12-9-5-2-6-10-12;1-2/h1-10H;1-2H. The first-order valence-electron chi connectivity index (χ1n) is 4.27. The Hall–Kier alpha value is -0.860. The third-order valence-corrected chi connectivity index (χ3v) is 1.88. The molecule has 0 aromatic heterocycles. The van der Waals surface area contributed by atoms with Crippen molar-refractivity contribution in [2.45, 2.75) is 0 Å². The van der Waals surface area contributed by atoms with Crippen molar-refractivity contribution in [3.63, 3.8) is 0 Å². The number of hydrogen-bond acceptors (Lipinski definition) is 2. The Morgan fingerprint density at radius 3 is 1.07 bits per heavy atom. The Morgan fingerprint density at radius 2 is 0.786 bits per heavy atom. The lowest BCUT2D eigenvalue weighted by atomic mass is 10.1. The Bertz CT molecular complexity index is 306. The molecule has 0 N–H and O–H groups in total. The molecule has 72 valence electrons. The van der Waals surface area contributed by atoms with Gasteiger partial charge in [0.15, 0.2) is 0 Å². The van der Waals surface area contributed by atoms with Crippen LogP contribution in [0.25, 0.3) is 11.1 Å². The molecule has 0 radical (unpaired) electrons. The highest BCUT2D eigenvalue weighted by Gasteiger charge is 1.91. The average molecular weight is 220 g/mol. The summed E-state index contributed by atoms with van der Waals surface area (Å²) in [5, 5.41) is 0. The van der Waals surface area contributed by atoms with Gasteiger partial charge in [-0.2, -0.15) is 0 Å². The average Bonchev–Trinajstić information content (AvgIpc) is 2.34. The summed E-state index contributed by atoms with van der Waals surface area (Å²) in [5.74, 6) is 0. The van der Waals surface area contributed by atoms with Crippen LogP contribution in [-0.2, 0) is 0 Å². The Kier molecular flexibility index (Phi) is 5.27. The molecule has 0 saturated heterocycles. The van der Waals surface area contributed by atoms with E-state index < -0.39 is 0 Å². The Labute approximate surface area is 95.2 Å². The predicted molar refractivity (Wildman–Crippen MR) is 69.9 cm³/mol. The number of rotatable bonds is 1. The van der Waals surface area contributed by atoms with Crippen molar-refractivity contribution >= 4 is 23.3 Å². The quantitative estimate of drug-likeness (QED) is 0.524. The van der Waals surface area contributed by atoms with E-state index >= 15 is 0 Å². The SMILES string of the molecule is SS.c1ccc(-c2ccccc2)cc1. The summed E-state index contributed by atoms with van der Waals surface area (Å²) in [5.41, 5.74) is 2.55. The fourth-order valence-electron chi connectivity index (χ4n) is 1.26. The highest BCUT2D eigenvalue weighted by molar-refractivity contribution is 8.59. The largest absolute Gasteiger partial charge is 0.115 e. The van der Waals surface area contributed by atoms with E-state index in [9.17, 15) is 0 Å². The lowest BCUT2D eigenvalue weighted by Crippen LogP contribution is -1.73. The van der Waals surface area contributed by atoms with E-state index in [1.165, 1.54) is 11.1 Å². The summed E-state index contributed by atoms with van der Waals surface area (Å²) in [4.78, 5) is 0. The van der Waals surface area contributed by atoms with Crippen LogP contribution in [0.1, 0.15) is 0 Å². The highest BCUT2D eigenvalue weighted by atomic mass is 33.1. The topological polar surface area (TPSA) is 0 Å². The van der Waals surface area contributed by atoms with Crippen LogP contribution in [-0.4, -0.2) is 0 Å². The molecule has 0 saturated carbocycles. The zero-order valence-corrected chi connectivity index (χ0v) is 9.46. The monoisotopic (exact) mass is 220 g/mol. The first-order valence-corrected chi connectivity index (χ1v) is 5.87. The van der Waals surface area contributed by atoms with Gasteiger partial charge in [0.05, 0.1) is 0 Å². The molecule has 2 heteroatoms. The van der Waals surface area contributed by atoms with Crippen molar-refractivity contribution in [2.24, 2.45) is 0 Å². The van der Waals surface area contributed by atoms with Gasteiger partial charge in [-0.15, -0.1) is 23.3 Å². The molecule has 0 atom stereocenters. The normalized spacial score (nSPS) is 8.71. The lowest BCUT2D eigenvalue weighted by Gasteiger charge is -1.98. The number of thiol groups is 2. The third kappa shape index (κ3) is 3.13. The van der Waals surface area contributed by atoms with Crippen molar-refractivity contribution in [3.8, 4) is 11.1 Å². The zero-order chi connectivity index (χ0) is 10.2. The van der Waals surface area contributed by atoms with Gasteiger partial charge in [0, 0.05) is 0 Å². The first kappa shape index (κ1) is 11.2. The van der Waals surface area contributed by atoms with Gasteiger partial charge >= 0.3 is 0 Å². The molecular formula is C12H12S2. The Morgan fingerprint density at radius 1 is 0.500 bits per heavy atom. The van der Waals surface area contributed by atoms with Crippen molar-refractivity contribution in [3.05, 3.63) is 60.7 Å². The maximum absolute atomic E-state index is 3.22. The van der Waals surface area contributed by atoms with E-state index in [4.69, 9.17) is 0 Å². The van der Waals surface area contributed by atoms with Crippen molar-refractivity contribution < 1.29 is 0 Å². The van der Waals surface area contributed by atoms with Crippen LogP contribution in [0.3, 0.4) is 0 Å². The van der Waals surface area contributed by atoms with Crippen LogP contribution >= 0.6 is 23.3 Å². The van der Waals surface area contributed by atoms with Gasteiger partial charge in [-0.1, -0.05) is 60.7 Å². The molecule has 2 rings (SSSR count). The highest BCUT2D eigenvalue weighted by Crippen LogP contribution is 2.17. The second-order valence-corrected chi connectivity index (χ2v) is 2.73. The smallest absolute Gasteiger partial charge is 0.0184 e. The molecule has 0 aliphatic carbocycles. The molecule has 0 fully saturated rings. The molecule has 0 bridgehead atoms. The van der Waals surface area contributed by atoms with Crippen LogP contribution in [0.4, 0.5) is 0 Å². The molecule has 0 heterocycles.